The fourth-order valence-corrected chi connectivity index (χ4v) is 3.65. The van der Waals surface area contributed by atoms with Gasteiger partial charge in [-0.3, -0.25) is 0 Å². The summed E-state index contributed by atoms with van der Waals surface area (Å²) in [5.74, 6) is 0. The number of nitrogens with zero attached hydrogens (tertiary/aromatic N) is 2. The number of pyridine rings is 1. The second-order valence-electron chi connectivity index (χ2n) is 6.19. The van der Waals surface area contributed by atoms with Crippen LogP contribution >= 0.6 is 0 Å². The lowest BCUT2D eigenvalue weighted by molar-refractivity contribution is 0.684. The average molecular weight is 310 g/mol. The van der Waals surface area contributed by atoms with Gasteiger partial charge >= 0.3 is 0 Å². The van der Waals surface area contributed by atoms with Crippen LogP contribution in [0.4, 0.5) is 0 Å². The fraction of sp³-hybridized carbons (Fsp3) is 0.182. The monoisotopic (exact) mass is 310 g/mol. The minimum absolute atomic E-state index is 0.542. The molecule has 1 aromatic heterocycles. The summed E-state index contributed by atoms with van der Waals surface area (Å²) in [6.45, 7) is 0. The van der Waals surface area contributed by atoms with Gasteiger partial charge in [-0.05, 0) is 42.4 Å². The van der Waals surface area contributed by atoms with E-state index in [1.807, 2.05) is 36.4 Å². The standard InChI is InChI=1S/C22H18N2/c23-15-20-21(16-9-3-1-4-10-16)18-13-7-8-14-19(18)22(24-20)17-11-5-2-6-12-17/h1-6,9-12H,7-8,13-14H2. The van der Waals surface area contributed by atoms with Crippen LogP contribution in [0.25, 0.3) is 22.4 Å². The molecule has 0 N–H and O–H groups in total. The van der Waals surface area contributed by atoms with E-state index in [1.54, 1.807) is 0 Å². The van der Waals surface area contributed by atoms with Crippen LogP contribution in [0.2, 0.25) is 0 Å². The molecule has 1 heterocycles. The maximum absolute atomic E-state index is 9.74. The Morgan fingerprint density at radius 3 is 1.96 bits per heavy atom. The average Bonchev–Trinajstić information content (AvgIpc) is 2.68. The van der Waals surface area contributed by atoms with Crippen LogP contribution in [0, 0.1) is 11.3 Å². The van der Waals surface area contributed by atoms with Gasteiger partial charge in [-0.25, -0.2) is 4.98 Å². The molecule has 24 heavy (non-hydrogen) atoms. The van der Waals surface area contributed by atoms with Crippen molar-refractivity contribution in [1.29, 1.82) is 5.26 Å². The van der Waals surface area contributed by atoms with Gasteiger partial charge in [-0.2, -0.15) is 5.26 Å². The quantitative estimate of drug-likeness (QED) is 0.655. The molecule has 2 nitrogen and oxygen atoms in total. The maximum Gasteiger partial charge on any atom is 0.149 e. The summed E-state index contributed by atoms with van der Waals surface area (Å²) in [5.41, 5.74) is 7.41. The highest BCUT2D eigenvalue weighted by molar-refractivity contribution is 5.79. The van der Waals surface area contributed by atoms with Crippen molar-refractivity contribution in [2.75, 3.05) is 0 Å². The Morgan fingerprint density at radius 1 is 0.750 bits per heavy atom. The molecule has 116 valence electrons. The molecular formula is C22H18N2. The summed E-state index contributed by atoms with van der Waals surface area (Å²) in [7, 11) is 0. The van der Waals surface area contributed by atoms with Crippen LogP contribution in [0.15, 0.2) is 60.7 Å². The molecule has 3 aromatic rings. The molecule has 2 aromatic carbocycles. The Labute approximate surface area is 142 Å². The highest BCUT2D eigenvalue weighted by atomic mass is 14.7. The molecule has 0 saturated heterocycles. The lowest BCUT2D eigenvalue weighted by atomic mass is 9.83. The molecule has 0 bridgehead atoms. The van der Waals surface area contributed by atoms with Crippen molar-refractivity contribution < 1.29 is 0 Å². The molecule has 1 aliphatic carbocycles. The summed E-state index contributed by atoms with van der Waals surface area (Å²) >= 11 is 0. The number of benzene rings is 2. The van der Waals surface area contributed by atoms with Gasteiger partial charge in [-0.15, -0.1) is 0 Å². The Balaban J connectivity index is 2.02. The van der Waals surface area contributed by atoms with Crippen molar-refractivity contribution in [3.8, 4) is 28.5 Å². The first-order valence-electron chi connectivity index (χ1n) is 8.45. The molecule has 0 spiro atoms. The van der Waals surface area contributed by atoms with E-state index >= 15 is 0 Å². The second-order valence-corrected chi connectivity index (χ2v) is 6.19. The van der Waals surface area contributed by atoms with E-state index in [2.05, 4.69) is 30.3 Å². The summed E-state index contributed by atoms with van der Waals surface area (Å²) in [5, 5.41) is 9.74. The molecule has 1 aliphatic rings. The molecule has 0 radical (unpaired) electrons. The van der Waals surface area contributed by atoms with E-state index in [4.69, 9.17) is 4.98 Å². The van der Waals surface area contributed by atoms with Gasteiger partial charge < -0.3 is 0 Å². The number of fused-ring (bicyclic) bond motifs is 1. The van der Waals surface area contributed by atoms with E-state index in [0.717, 1.165) is 35.2 Å². The maximum atomic E-state index is 9.74. The molecule has 4 rings (SSSR count). The van der Waals surface area contributed by atoms with Crippen LogP contribution in [0.5, 0.6) is 0 Å². The molecule has 0 aliphatic heterocycles. The molecule has 0 amide bonds. The first-order valence-corrected chi connectivity index (χ1v) is 8.45. The summed E-state index contributed by atoms with van der Waals surface area (Å²) < 4.78 is 0. The Bertz CT molecular complexity index is 906. The highest BCUT2D eigenvalue weighted by Gasteiger charge is 2.23. The number of nitriles is 1. The SMILES string of the molecule is N#Cc1nc(-c2ccccc2)c2c(c1-c1ccccc1)CCCC2. The lowest BCUT2D eigenvalue weighted by Gasteiger charge is -2.23. The lowest BCUT2D eigenvalue weighted by Crippen LogP contribution is -2.10. The normalized spacial score (nSPS) is 13.1. The van der Waals surface area contributed by atoms with Gasteiger partial charge in [-0.1, -0.05) is 60.7 Å². The molecule has 0 saturated carbocycles. The first kappa shape index (κ1) is 14.7. The molecule has 0 atom stereocenters. The Kier molecular flexibility index (Phi) is 3.84. The zero-order valence-corrected chi connectivity index (χ0v) is 13.5. The van der Waals surface area contributed by atoms with E-state index in [9.17, 15) is 5.26 Å². The second kappa shape index (κ2) is 6.29. The number of hydrogen-bond donors (Lipinski definition) is 0. The van der Waals surface area contributed by atoms with Crippen molar-refractivity contribution in [3.63, 3.8) is 0 Å². The van der Waals surface area contributed by atoms with Crippen molar-refractivity contribution in [2.24, 2.45) is 0 Å². The predicted octanol–water partition coefficient (Wildman–Crippen LogP) is 5.17. The summed E-state index contributed by atoms with van der Waals surface area (Å²) in [4.78, 5) is 4.79. The number of rotatable bonds is 2. The van der Waals surface area contributed by atoms with Crippen LogP contribution in [-0.2, 0) is 12.8 Å². The molecular weight excluding hydrogens is 292 g/mol. The van der Waals surface area contributed by atoms with Crippen LogP contribution in [0.1, 0.15) is 29.7 Å². The molecule has 0 unspecified atom stereocenters. The largest absolute Gasteiger partial charge is 0.236 e. The van der Waals surface area contributed by atoms with Gasteiger partial charge in [0.05, 0.1) is 5.69 Å². The van der Waals surface area contributed by atoms with E-state index in [1.165, 1.54) is 24.0 Å². The van der Waals surface area contributed by atoms with Gasteiger partial charge in [0, 0.05) is 11.1 Å². The fourth-order valence-electron chi connectivity index (χ4n) is 3.65. The summed E-state index contributed by atoms with van der Waals surface area (Å²) in [6.07, 6.45) is 4.43. The van der Waals surface area contributed by atoms with Crippen LogP contribution in [-0.4, -0.2) is 4.98 Å². The van der Waals surface area contributed by atoms with E-state index < -0.39 is 0 Å². The smallest absolute Gasteiger partial charge is 0.149 e. The van der Waals surface area contributed by atoms with Crippen molar-refractivity contribution >= 4 is 0 Å². The zero-order chi connectivity index (χ0) is 16.4. The van der Waals surface area contributed by atoms with Gasteiger partial charge in [0.1, 0.15) is 11.8 Å². The molecule has 2 heteroatoms. The summed E-state index contributed by atoms with van der Waals surface area (Å²) in [6, 6.07) is 22.8. The third-order valence-corrected chi connectivity index (χ3v) is 4.73. The highest BCUT2D eigenvalue weighted by Crippen LogP contribution is 2.38. The topological polar surface area (TPSA) is 36.7 Å². The van der Waals surface area contributed by atoms with E-state index in [-0.39, 0.29) is 0 Å². The van der Waals surface area contributed by atoms with Crippen LogP contribution < -0.4 is 0 Å². The van der Waals surface area contributed by atoms with Crippen molar-refractivity contribution in [1.82, 2.24) is 4.98 Å². The van der Waals surface area contributed by atoms with Crippen molar-refractivity contribution in [3.05, 3.63) is 77.5 Å². The van der Waals surface area contributed by atoms with Gasteiger partial charge in [0.25, 0.3) is 0 Å². The first-order chi connectivity index (χ1) is 11.9. The Hall–Kier alpha value is -2.92. The van der Waals surface area contributed by atoms with Gasteiger partial charge in [0.15, 0.2) is 0 Å². The van der Waals surface area contributed by atoms with Gasteiger partial charge in [0.2, 0.25) is 0 Å². The predicted molar refractivity (Wildman–Crippen MR) is 96.5 cm³/mol. The minimum atomic E-state index is 0.542. The zero-order valence-electron chi connectivity index (χ0n) is 13.5. The Morgan fingerprint density at radius 2 is 1.33 bits per heavy atom. The van der Waals surface area contributed by atoms with Crippen molar-refractivity contribution in [2.45, 2.75) is 25.7 Å². The number of hydrogen-bond acceptors (Lipinski definition) is 2. The number of aromatic nitrogens is 1. The molecule has 0 fully saturated rings. The van der Waals surface area contributed by atoms with Crippen LogP contribution in [0.3, 0.4) is 0 Å². The minimum Gasteiger partial charge on any atom is -0.236 e. The third-order valence-electron chi connectivity index (χ3n) is 4.73. The van der Waals surface area contributed by atoms with E-state index in [0.29, 0.717) is 5.69 Å². The third kappa shape index (κ3) is 2.49.